The molecule has 2 bridgehead atoms. The molecule has 0 aromatic heterocycles. The van der Waals surface area contributed by atoms with Crippen molar-refractivity contribution in [2.45, 2.75) is 6.42 Å². The second-order valence-electron chi connectivity index (χ2n) is 6.39. The van der Waals surface area contributed by atoms with Gasteiger partial charge in [0.25, 0.3) is 0 Å². The van der Waals surface area contributed by atoms with Gasteiger partial charge >= 0.3 is 5.97 Å². The summed E-state index contributed by atoms with van der Waals surface area (Å²) in [5.74, 6) is -0.820. The van der Waals surface area contributed by atoms with E-state index in [1.165, 1.54) is 25.2 Å². The van der Waals surface area contributed by atoms with E-state index in [0.29, 0.717) is 11.4 Å². The summed E-state index contributed by atoms with van der Waals surface area (Å²) in [5.41, 5.74) is 0.580. The molecule has 6 heteroatoms. The minimum atomic E-state index is -0.574. The van der Waals surface area contributed by atoms with E-state index in [-0.39, 0.29) is 41.0 Å². The predicted molar refractivity (Wildman–Crippen MR) is 84.5 cm³/mol. The molecule has 1 aromatic rings. The first-order valence-electron chi connectivity index (χ1n) is 7.89. The SMILES string of the molecule is COC(=O)c1cc(N2C(=O)C3C4C=CC(C4)C3C2=O)ccc1OC. The molecule has 2 aliphatic carbocycles. The van der Waals surface area contributed by atoms with Gasteiger partial charge in [0.05, 0.1) is 31.7 Å². The van der Waals surface area contributed by atoms with Gasteiger partial charge < -0.3 is 9.47 Å². The van der Waals surface area contributed by atoms with Crippen LogP contribution in [0, 0.1) is 23.7 Å². The fourth-order valence-corrected chi connectivity index (χ4v) is 4.26. The Morgan fingerprint density at radius 2 is 1.71 bits per heavy atom. The maximum absolute atomic E-state index is 12.8. The normalized spacial score (nSPS) is 30.0. The largest absolute Gasteiger partial charge is 0.496 e. The lowest BCUT2D eigenvalue weighted by Crippen LogP contribution is -2.33. The van der Waals surface area contributed by atoms with Crippen molar-refractivity contribution in [2.24, 2.45) is 23.7 Å². The quantitative estimate of drug-likeness (QED) is 0.481. The molecule has 0 N–H and O–H groups in total. The van der Waals surface area contributed by atoms with E-state index in [4.69, 9.17) is 9.47 Å². The van der Waals surface area contributed by atoms with Gasteiger partial charge in [-0.2, -0.15) is 0 Å². The molecule has 0 spiro atoms. The zero-order valence-electron chi connectivity index (χ0n) is 13.4. The summed E-state index contributed by atoms with van der Waals surface area (Å²) in [7, 11) is 2.72. The minimum Gasteiger partial charge on any atom is -0.496 e. The zero-order valence-corrected chi connectivity index (χ0v) is 13.4. The Labute approximate surface area is 139 Å². The highest BCUT2D eigenvalue weighted by atomic mass is 16.5. The highest BCUT2D eigenvalue weighted by Crippen LogP contribution is 2.53. The van der Waals surface area contributed by atoms with E-state index >= 15 is 0 Å². The van der Waals surface area contributed by atoms with Crippen LogP contribution in [0.5, 0.6) is 5.75 Å². The monoisotopic (exact) mass is 327 g/mol. The van der Waals surface area contributed by atoms with Crippen molar-refractivity contribution in [3.8, 4) is 5.75 Å². The Bertz CT molecular complexity index is 754. The zero-order chi connectivity index (χ0) is 17.0. The standard InChI is InChI=1S/C18H17NO5/c1-23-13-6-5-11(8-12(13)18(22)24-2)19-16(20)14-9-3-4-10(7-9)15(14)17(19)21/h3-6,8-10,14-15H,7H2,1-2H3. The number of ether oxygens (including phenoxy) is 2. The van der Waals surface area contributed by atoms with E-state index in [1.54, 1.807) is 12.1 Å². The summed E-state index contributed by atoms with van der Waals surface area (Å²) in [5, 5.41) is 0. The van der Waals surface area contributed by atoms with Crippen LogP contribution >= 0.6 is 0 Å². The molecule has 4 rings (SSSR count). The van der Waals surface area contributed by atoms with E-state index in [9.17, 15) is 14.4 Å². The summed E-state index contributed by atoms with van der Waals surface area (Å²) in [6.45, 7) is 0. The van der Waals surface area contributed by atoms with Gasteiger partial charge in [-0.3, -0.25) is 9.59 Å². The summed E-state index contributed by atoms with van der Waals surface area (Å²) < 4.78 is 9.91. The van der Waals surface area contributed by atoms with E-state index < -0.39 is 5.97 Å². The van der Waals surface area contributed by atoms with Crippen LogP contribution in [0.3, 0.4) is 0 Å². The fourth-order valence-electron chi connectivity index (χ4n) is 4.26. The second kappa shape index (κ2) is 5.19. The Morgan fingerprint density at radius 3 is 2.25 bits per heavy atom. The number of benzene rings is 1. The van der Waals surface area contributed by atoms with Crippen molar-refractivity contribution in [2.75, 3.05) is 19.1 Å². The lowest BCUT2D eigenvalue weighted by molar-refractivity contribution is -0.123. The van der Waals surface area contributed by atoms with Crippen LogP contribution in [0.4, 0.5) is 5.69 Å². The van der Waals surface area contributed by atoms with Crippen molar-refractivity contribution in [1.82, 2.24) is 0 Å². The number of esters is 1. The highest BCUT2D eigenvalue weighted by molar-refractivity contribution is 6.23. The van der Waals surface area contributed by atoms with Crippen molar-refractivity contribution < 1.29 is 23.9 Å². The lowest BCUT2D eigenvalue weighted by Gasteiger charge is -2.18. The van der Waals surface area contributed by atoms with E-state index in [2.05, 4.69) is 12.2 Å². The van der Waals surface area contributed by atoms with Crippen LogP contribution in [0.15, 0.2) is 30.4 Å². The van der Waals surface area contributed by atoms with Gasteiger partial charge in [0, 0.05) is 0 Å². The van der Waals surface area contributed by atoms with Crippen molar-refractivity contribution >= 4 is 23.5 Å². The smallest absolute Gasteiger partial charge is 0.341 e. The summed E-state index contributed by atoms with van der Waals surface area (Å²) in [6.07, 6.45) is 4.99. The lowest BCUT2D eigenvalue weighted by atomic mass is 9.85. The Morgan fingerprint density at radius 1 is 1.08 bits per heavy atom. The number of methoxy groups -OCH3 is 2. The predicted octanol–water partition coefficient (Wildman–Crippen LogP) is 1.79. The number of hydrogen-bond acceptors (Lipinski definition) is 5. The third-order valence-corrected chi connectivity index (χ3v) is 5.32. The van der Waals surface area contributed by atoms with Crippen LogP contribution in [0.25, 0.3) is 0 Å². The molecule has 6 nitrogen and oxygen atoms in total. The van der Waals surface area contributed by atoms with Crippen LogP contribution in [-0.2, 0) is 14.3 Å². The van der Waals surface area contributed by atoms with Gasteiger partial charge in [0.2, 0.25) is 11.8 Å². The highest BCUT2D eigenvalue weighted by Gasteiger charge is 2.59. The number of allylic oxidation sites excluding steroid dienone is 2. The van der Waals surface area contributed by atoms with E-state index in [0.717, 1.165) is 6.42 Å². The molecule has 124 valence electrons. The first-order valence-corrected chi connectivity index (χ1v) is 7.89. The van der Waals surface area contributed by atoms with Crippen molar-refractivity contribution in [1.29, 1.82) is 0 Å². The Balaban J connectivity index is 1.73. The average molecular weight is 327 g/mol. The molecule has 1 aromatic carbocycles. The number of hydrogen-bond donors (Lipinski definition) is 0. The number of carbonyl (C=O) groups is 3. The minimum absolute atomic E-state index is 0.153. The van der Waals surface area contributed by atoms with Crippen molar-refractivity contribution in [3.63, 3.8) is 0 Å². The molecule has 24 heavy (non-hydrogen) atoms. The fraction of sp³-hybridized carbons (Fsp3) is 0.389. The molecule has 4 atom stereocenters. The molecule has 1 saturated carbocycles. The molecule has 1 heterocycles. The molecule has 0 radical (unpaired) electrons. The summed E-state index contributed by atoms with van der Waals surface area (Å²) in [4.78, 5) is 38.8. The number of anilines is 1. The van der Waals surface area contributed by atoms with Crippen LogP contribution in [0.1, 0.15) is 16.8 Å². The first-order chi connectivity index (χ1) is 11.6. The Kier molecular flexibility index (Phi) is 3.23. The Hall–Kier alpha value is -2.63. The number of nitrogens with zero attached hydrogens (tertiary/aromatic N) is 1. The number of imide groups is 1. The van der Waals surface area contributed by atoms with E-state index in [1.807, 2.05) is 0 Å². The van der Waals surface area contributed by atoms with Gasteiger partial charge in [-0.15, -0.1) is 0 Å². The van der Waals surface area contributed by atoms with Gasteiger partial charge in [-0.05, 0) is 36.5 Å². The number of rotatable bonds is 3. The molecule has 1 saturated heterocycles. The summed E-state index contributed by atoms with van der Waals surface area (Å²) in [6, 6.07) is 4.68. The third-order valence-electron chi connectivity index (χ3n) is 5.32. The number of fused-ring (bicyclic) bond motifs is 5. The van der Waals surface area contributed by atoms with Crippen LogP contribution in [0.2, 0.25) is 0 Å². The van der Waals surface area contributed by atoms with Gasteiger partial charge in [-0.1, -0.05) is 12.2 Å². The first kappa shape index (κ1) is 14.9. The summed E-state index contributed by atoms with van der Waals surface area (Å²) >= 11 is 0. The maximum atomic E-state index is 12.8. The van der Waals surface area contributed by atoms with Gasteiger partial charge in [-0.25, -0.2) is 9.69 Å². The topological polar surface area (TPSA) is 72.9 Å². The van der Waals surface area contributed by atoms with Gasteiger partial charge in [0.15, 0.2) is 0 Å². The second-order valence-corrected chi connectivity index (χ2v) is 6.39. The molecular weight excluding hydrogens is 310 g/mol. The average Bonchev–Trinajstić information content (AvgIpc) is 3.27. The number of carbonyl (C=O) groups excluding carboxylic acids is 3. The molecule has 4 unspecified atom stereocenters. The molecular formula is C18H17NO5. The molecule has 2 fully saturated rings. The molecule has 2 amide bonds. The number of amides is 2. The van der Waals surface area contributed by atoms with Crippen LogP contribution in [-0.4, -0.2) is 32.0 Å². The third kappa shape index (κ3) is 1.85. The molecule has 1 aliphatic heterocycles. The van der Waals surface area contributed by atoms with Crippen LogP contribution < -0.4 is 9.64 Å². The maximum Gasteiger partial charge on any atom is 0.341 e. The molecule has 3 aliphatic rings. The van der Waals surface area contributed by atoms with Crippen molar-refractivity contribution in [3.05, 3.63) is 35.9 Å². The van der Waals surface area contributed by atoms with Gasteiger partial charge in [0.1, 0.15) is 11.3 Å².